The molecular formula is C14H26N2O2. The Hall–Kier alpha value is -0.840. The molecule has 0 amide bonds. The van der Waals surface area contributed by atoms with Crippen LogP contribution >= 0.6 is 0 Å². The van der Waals surface area contributed by atoms with Gasteiger partial charge in [-0.2, -0.15) is 0 Å². The molecule has 104 valence electrons. The maximum Gasteiger partial charge on any atom is 0.118 e. The van der Waals surface area contributed by atoms with E-state index in [0.29, 0.717) is 6.04 Å². The van der Waals surface area contributed by atoms with Crippen molar-refractivity contribution >= 4 is 0 Å². The molecule has 0 fully saturated rings. The minimum atomic E-state index is 0.502. The molecule has 0 aliphatic rings. The number of nitrogens with one attached hydrogen (secondary N) is 1. The van der Waals surface area contributed by atoms with Crippen LogP contribution in [0.15, 0.2) is 10.5 Å². The van der Waals surface area contributed by atoms with Crippen molar-refractivity contribution in [1.82, 2.24) is 10.2 Å². The summed E-state index contributed by atoms with van der Waals surface area (Å²) in [5.74, 6) is 2.02. The van der Waals surface area contributed by atoms with Crippen molar-refractivity contribution in [3.63, 3.8) is 0 Å². The van der Waals surface area contributed by atoms with Gasteiger partial charge in [-0.25, -0.2) is 0 Å². The van der Waals surface area contributed by atoms with Crippen molar-refractivity contribution in [3.8, 4) is 0 Å². The summed E-state index contributed by atoms with van der Waals surface area (Å²) in [5.41, 5.74) is 1.27. The Morgan fingerprint density at radius 1 is 1.44 bits per heavy atom. The molecule has 0 spiro atoms. The quantitative estimate of drug-likeness (QED) is 0.771. The Balaban J connectivity index is 2.67. The summed E-state index contributed by atoms with van der Waals surface area (Å²) in [6.45, 7) is 9.85. The summed E-state index contributed by atoms with van der Waals surface area (Å²) in [4.78, 5) is 2.39. The maximum atomic E-state index is 5.72. The minimum absolute atomic E-state index is 0.502. The monoisotopic (exact) mass is 254 g/mol. The standard InChI is InChI=1S/C14H26N2O2/c1-11(2)16(6-7-17-5)10-13-8-14(9-15-4)18-12(13)3/h8,11,15H,6-7,9-10H2,1-5H3. The normalized spacial score (nSPS) is 11.7. The second-order valence-electron chi connectivity index (χ2n) is 4.88. The fraction of sp³-hybridized carbons (Fsp3) is 0.714. The molecule has 1 heterocycles. The van der Waals surface area contributed by atoms with Crippen LogP contribution in [0.4, 0.5) is 0 Å². The molecule has 0 aromatic carbocycles. The van der Waals surface area contributed by atoms with Crippen molar-refractivity contribution in [2.24, 2.45) is 0 Å². The highest BCUT2D eigenvalue weighted by atomic mass is 16.5. The molecule has 4 nitrogen and oxygen atoms in total. The molecule has 0 bridgehead atoms. The van der Waals surface area contributed by atoms with Gasteiger partial charge in [-0.15, -0.1) is 0 Å². The predicted octanol–water partition coefficient (Wildman–Crippen LogP) is 2.16. The van der Waals surface area contributed by atoms with Crippen LogP contribution in [-0.2, 0) is 17.8 Å². The Morgan fingerprint density at radius 2 is 2.17 bits per heavy atom. The van der Waals surface area contributed by atoms with E-state index in [1.54, 1.807) is 7.11 Å². The zero-order chi connectivity index (χ0) is 13.5. The largest absolute Gasteiger partial charge is 0.465 e. The number of methoxy groups -OCH3 is 1. The molecule has 0 atom stereocenters. The average molecular weight is 254 g/mol. The minimum Gasteiger partial charge on any atom is -0.465 e. The summed E-state index contributed by atoms with van der Waals surface area (Å²) in [6.07, 6.45) is 0. The highest BCUT2D eigenvalue weighted by Crippen LogP contribution is 2.17. The van der Waals surface area contributed by atoms with E-state index in [1.807, 2.05) is 14.0 Å². The van der Waals surface area contributed by atoms with E-state index in [4.69, 9.17) is 9.15 Å². The Kier molecular flexibility index (Phi) is 6.39. The molecule has 0 aliphatic carbocycles. The van der Waals surface area contributed by atoms with Crippen LogP contribution in [0.25, 0.3) is 0 Å². The zero-order valence-corrected chi connectivity index (χ0v) is 12.2. The smallest absolute Gasteiger partial charge is 0.118 e. The van der Waals surface area contributed by atoms with Gasteiger partial charge in [-0.05, 0) is 33.9 Å². The molecule has 0 unspecified atom stereocenters. The van der Waals surface area contributed by atoms with Crippen molar-refractivity contribution in [1.29, 1.82) is 0 Å². The number of ether oxygens (including phenoxy) is 1. The van der Waals surface area contributed by atoms with Crippen LogP contribution in [0.5, 0.6) is 0 Å². The van der Waals surface area contributed by atoms with Crippen molar-refractivity contribution in [3.05, 3.63) is 23.2 Å². The summed E-state index contributed by atoms with van der Waals surface area (Å²) in [5, 5.41) is 3.11. The van der Waals surface area contributed by atoms with Gasteiger partial charge >= 0.3 is 0 Å². The fourth-order valence-electron chi connectivity index (χ4n) is 1.95. The molecule has 4 heteroatoms. The molecule has 0 saturated heterocycles. The van der Waals surface area contributed by atoms with E-state index in [2.05, 4.69) is 30.1 Å². The van der Waals surface area contributed by atoms with Gasteiger partial charge in [0, 0.05) is 31.8 Å². The van der Waals surface area contributed by atoms with Gasteiger partial charge < -0.3 is 14.5 Å². The molecule has 18 heavy (non-hydrogen) atoms. The first-order valence-electron chi connectivity index (χ1n) is 6.54. The van der Waals surface area contributed by atoms with Gasteiger partial charge in [0.15, 0.2) is 0 Å². The van der Waals surface area contributed by atoms with E-state index >= 15 is 0 Å². The molecule has 1 N–H and O–H groups in total. The highest BCUT2D eigenvalue weighted by molar-refractivity contribution is 5.20. The van der Waals surface area contributed by atoms with Gasteiger partial charge in [0.05, 0.1) is 13.2 Å². The number of aryl methyl sites for hydroxylation is 1. The van der Waals surface area contributed by atoms with Crippen LogP contribution in [-0.4, -0.2) is 38.3 Å². The number of hydrogen-bond acceptors (Lipinski definition) is 4. The Bertz CT molecular complexity index is 348. The molecule has 1 aromatic heterocycles. The van der Waals surface area contributed by atoms with Crippen molar-refractivity contribution in [2.75, 3.05) is 27.3 Å². The Morgan fingerprint density at radius 3 is 2.72 bits per heavy atom. The van der Waals surface area contributed by atoms with Gasteiger partial charge in [0.25, 0.3) is 0 Å². The molecule has 0 aliphatic heterocycles. The van der Waals surface area contributed by atoms with Gasteiger partial charge in [-0.3, -0.25) is 4.90 Å². The van der Waals surface area contributed by atoms with E-state index < -0.39 is 0 Å². The summed E-state index contributed by atoms with van der Waals surface area (Å²) < 4.78 is 10.9. The third-order valence-corrected chi connectivity index (χ3v) is 3.11. The van der Waals surface area contributed by atoms with Crippen LogP contribution < -0.4 is 5.32 Å². The van der Waals surface area contributed by atoms with Crippen LogP contribution in [0, 0.1) is 6.92 Å². The van der Waals surface area contributed by atoms with Gasteiger partial charge in [0.2, 0.25) is 0 Å². The van der Waals surface area contributed by atoms with Gasteiger partial charge in [0.1, 0.15) is 11.5 Å². The number of rotatable bonds is 8. The van der Waals surface area contributed by atoms with Crippen molar-refractivity contribution < 1.29 is 9.15 Å². The zero-order valence-electron chi connectivity index (χ0n) is 12.2. The van der Waals surface area contributed by atoms with Crippen molar-refractivity contribution in [2.45, 2.75) is 39.9 Å². The van der Waals surface area contributed by atoms with Crippen LogP contribution in [0.3, 0.4) is 0 Å². The summed E-state index contributed by atoms with van der Waals surface area (Å²) in [6, 6.07) is 2.65. The lowest BCUT2D eigenvalue weighted by atomic mass is 10.2. The van der Waals surface area contributed by atoms with E-state index in [9.17, 15) is 0 Å². The summed E-state index contributed by atoms with van der Waals surface area (Å²) >= 11 is 0. The number of hydrogen-bond donors (Lipinski definition) is 1. The SMILES string of the molecule is CNCc1cc(CN(CCOC)C(C)C)c(C)o1. The third-order valence-electron chi connectivity index (χ3n) is 3.11. The van der Waals surface area contributed by atoms with E-state index in [-0.39, 0.29) is 0 Å². The van der Waals surface area contributed by atoms with E-state index in [0.717, 1.165) is 37.8 Å². The lowest BCUT2D eigenvalue weighted by molar-refractivity contribution is 0.124. The van der Waals surface area contributed by atoms with Crippen LogP contribution in [0.1, 0.15) is 30.9 Å². The second-order valence-corrected chi connectivity index (χ2v) is 4.88. The predicted molar refractivity (Wildman–Crippen MR) is 73.6 cm³/mol. The molecule has 0 saturated carbocycles. The van der Waals surface area contributed by atoms with E-state index in [1.165, 1.54) is 5.56 Å². The highest BCUT2D eigenvalue weighted by Gasteiger charge is 2.14. The third kappa shape index (κ3) is 4.44. The van der Waals surface area contributed by atoms with Gasteiger partial charge in [-0.1, -0.05) is 0 Å². The molecule has 1 rings (SSSR count). The number of nitrogens with zero attached hydrogens (tertiary/aromatic N) is 1. The molecule has 0 radical (unpaired) electrons. The number of furan rings is 1. The fourth-order valence-corrected chi connectivity index (χ4v) is 1.95. The topological polar surface area (TPSA) is 37.6 Å². The lowest BCUT2D eigenvalue weighted by Crippen LogP contribution is -2.33. The lowest BCUT2D eigenvalue weighted by Gasteiger charge is -2.25. The first-order chi connectivity index (χ1) is 8.58. The van der Waals surface area contributed by atoms with Crippen LogP contribution in [0.2, 0.25) is 0 Å². The summed E-state index contributed by atoms with van der Waals surface area (Å²) in [7, 11) is 3.67. The second kappa shape index (κ2) is 7.56. The molecular weight excluding hydrogens is 228 g/mol. The average Bonchev–Trinajstić information content (AvgIpc) is 2.65. The molecule has 1 aromatic rings. The first-order valence-corrected chi connectivity index (χ1v) is 6.54. The Labute approximate surface area is 110 Å². The first kappa shape index (κ1) is 15.2. The maximum absolute atomic E-state index is 5.72.